The number of amides is 1. The predicted molar refractivity (Wildman–Crippen MR) is 141 cm³/mol. The Labute approximate surface area is 207 Å². The number of carbonyl (C=O) groups is 1. The first-order valence-corrected chi connectivity index (χ1v) is 12.1. The van der Waals surface area contributed by atoms with Crippen LogP contribution in [0.5, 0.6) is 11.5 Å². The van der Waals surface area contributed by atoms with E-state index in [2.05, 4.69) is 78.5 Å². The number of hydrogen-bond acceptors (Lipinski definition) is 3. The normalized spacial score (nSPS) is 12.0. The monoisotopic (exact) mass is 470 g/mol. The fourth-order valence-corrected chi connectivity index (χ4v) is 4.52. The lowest BCUT2D eigenvalue weighted by atomic mass is 9.87. The van der Waals surface area contributed by atoms with Gasteiger partial charge < -0.3 is 19.4 Å². The molecule has 4 aromatic rings. The van der Waals surface area contributed by atoms with Crippen molar-refractivity contribution in [2.45, 2.75) is 32.7 Å². The van der Waals surface area contributed by atoms with Gasteiger partial charge in [-0.1, -0.05) is 68.4 Å². The minimum atomic E-state index is -0.135. The summed E-state index contributed by atoms with van der Waals surface area (Å²) in [5.74, 6) is 1.63. The molecular formula is C30H34N2O3. The molecule has 182 valence electrons. The summed E-state index contributed by atoms with van der Waals surface area (Å²) in [6, 6.07) is 24.8. The van der Waals surface area contributed by atoms with Crippen molar-refractivity contribution in [2.24, 2.45) is 5.92 Å². The van der Waals surface area contributed by atoms with E-state index in [0.29, 0.717) is 30.4 Å². The lowest BCUT2D eigenvalue weighted by Crippen LogP contribution is -2.28. The minimum Gasteiger partial charge on any atom is -0.493 e. The van der Waals surface area contributed by atoms with Gasteiger partial charge in [0.2, 0.25) is 5.91 Å². The number of rotatable bonds is 10. The largest absolute Gasteiger partial charge is 0.493 e. The maximum Gasteiger partial charge on any atom is 0.220 e. The Morgan fingerprint density at radius 1 is 0.914 bits per heavy atom. The molecule has 4 rings (SSSR count). The van der Waals surface area contributed by atoms with Crippen LogP contribution in [0.25, 0.3) is 10.9 Å². The zero-order valence-electron chi connectivity index (χ0n) is 21.0. The first kappa shape index (κ1) is 24.4. The highest BCUT2D eigenvalue weighted by atomic mass is 16.5. The maximum absolute atomic E-state index is 13.0. The van der Waals surface area contributed by atoms with E-state index in [1.54, 1.807) is 14.2 Å². The van der Waals surface area contributed by atoms with Crippen LogP contribution in [0.15, 0.2) is 79.0 Å². The molecular weight excluding hydrogens is 436 g/mol. The second kappa shape index (κ2) is 11.1. The van der Waals surface area contributed by atoms with Gasteiger partial charge in [-0.15, -0.1) is 0 Å². The average Bonchev–Trinajstić information content (AvgIpc) is 3.24. The van der Waals surface area contributed by atoms with Crippen molar-refractivity contribution in [3.8, 4) is 11.5 Å². The van der Waals surface area contributed by atoms with E-state index < -0.39 is 0 Å². The quantitative estimate of drug-likeness (QED) is 0.309. The van der Waals surface area contributed by atoms with Crippen molar-refractivity contribution in [1.29, 1.82) is 0 Å². The van der Waals surface area contributed by atoms with Crippen molar-refractivity contribution in [2.75, 3.05) is 20.8 Å². The molecule has 0 aliphatic heterocycles. The number of methoxy groups -OCH3 is 2. The van der Waals surface area contributed by atoms with Crippen molar-refractivity contribution in [3.05, 3.63) is 95.7 Å². The molecule has 5 heteroatoms. The fraction of sp³-hybridized carbons (Fsp3) is 0.300. The molecule has 0 spiro atoms. The van der Waals surface area contributed by atoms with Gasteiger partial charge in [0.05, 0.1) is 14.2 Å². The van der Waals surface area contributed by atoms with Crippen LogP contribution in [-0.2, 0) is 11.3 Å². The van der Waals surface area contributed by atoms with Gasteiger partial charge in [0.15, 0.2) is 11.5 Å². The second-order valence-electron chi connectivity index (χ2n) is 9.28. The number of aromatic nitrogens is 1. The lowest BCUT2D eigenvalue weighted by Gasteiger charge is -2.19. The van der Waals surface area contributed by atoms with Crippen LogP contribution in [0.4, 0.5) is 0 Å². The second-order valence-corrected chi connectivity index (χ2v) is 9.28. The van der Waals surface area contributed by atoms with Crippen molar-refractivity contribution < 1.29 is 14.3 Å². The van der Waals surface area contributed by atoms with Gasteiger partial charge >= 0.3 is 0 Å². The summed E-state index contributed by atoms with van der Waals surface area (Å²) >= 11 is 0. The molecule has 1 amide bonds. The average molecular weight is 471 g/mol. The first-order chi connectivity index (χ1) is 17.0. The molecule has 0 radical (unpaired) electrons. The molecule has 1 aromatic heterocycles. The Hall–Kier alpha value is -3.73. The van der Waals surface area contributed by atoms with Gasteiger partial charge in [-0.05, 0) is 40.8 Å². The van der Waals surface area contributed by atoms with E-state index >= 15 is 0 Å². The fourth-order valence-electron chi connectivity index (χ4n) is 4.52. The van der Waals surface area contributed by atoms with Crippen LogP contribution in [0, 0.1) is 5.92 Å². The summed E-state index contributed by atoms with van der Waals surface area (Å²) in [5, 5.41) is 4.25. The highest BCUT2D eigenvalue weighted by Crippen LogP contribution is 2.38. The van der Waals surface area contributed by atoms with E-state index in [4.69, 9.17) is 9.47 Å². The van der Waals surface area contributed by atoms with Crippen LogP contribution in [0.1, 0.15) is 42.9 Å². The molecule has 5 nitrogen and oxygen atoms in total. The summed E-state index contributed by atoms with van der Waals surface area (Å²) in [5.41, 5.74) is 4.53. The number of para-hydroxylation sites is 1. The van der Waals surface area contributed by atoms with Crippen LogP contribution in [-0.4, -0.2) is 31.2 Å². The first-order valence-electron chi connectivity index (χ1n) is 12.1. The smallest absolute Gasteiger partial charge is 0.220 e. The van der Waals surface area contributed by atoms with Crippen LogP contribution < -0.4 is 14.8 Å². The van der Waals surface area contributed by atoms with E-state index in [9.17, 15) is 4.79 Å². The molecule has 0 aliphatic rings. The maximum atomic E-state index is 13.0. The Morgan fingerprint density at radius 3 is 2.34 bits per heavy atom. The molecule has 1 unspecified atom stereocenters. The van der Waals surface area contributed by atoms with E-state index in [0.717, 1.165) is 28.6 Å². The number of fused-ring (bicyclic) bond motifs is 1. The van der Waals surface area contributed by atoms with E-state index in [1.807, 2.05) is 24.3 Å². The molecule has 0 saturated carbocycles. The standard InChI is InChI=1S/C30H34N2O3/c1-21(2)18-31-30(33)17-25(23-14-15-28(34-3)29(16-23)35-4)26-20-32(19-22-10-6-5-7-11-22)27-13-9-8-12-24(26)27/h5-16,20-21,25H,17-19H2,1-4H3,(H,31,33). The SMILES string of the molecule is COc1ccc(C(CC(=O)NCC(C)C)c2cn(Cc3ccccc3)c3ccccc23)cc1OC. The summed E-state index contributed by atoms with van der Waals surface area (Å²) in [4.78, 5) is 13.0. The number of hydrogen-bond donors (Lipinski definition) is 1. The Balaban J connectivity index is 1.79. The van der Waals surface area contributed by atoms with Gasteiger partial charge in [0.1, 0.15) is 0 Å². The Kier molecular flexibility index (Phi) is 7.76. The molecule has 0 aliphatic carbocycles. The van der Waals surface area contributed by atoms with Gasteiger partial charge in [0, 0.05) is 42.5 Å². The predicted octanol–water partition coefficient (Wildman–Crippen LogP) is 6.00. The van der Waals surface area contributed by atoms with Crippen molar-refractivity contribution in [3.63, 3.8) is 0 Å². The molecule has 3 aromatic carbocycles. The highest BCUT2D eigenvalue weighted by Gasteiger charge is 2.24. The summed E-state index contributed by atoms with van der Waals surface area (Å²) in [6.45, 7) is 5.62. The Bertz CT molecular complexity index is 1280. The van der Waals surface area contributed by atoms with Gasteiger partial charge in [0.25, 0.3) is 0 Å². The van der Waals surface area contributed by atoms with Gasteiger partial charge in [-0.25, -0.2) is 0 Å². The summed E-state index contributed by atoms with van der Waals surface area (Å²) in [7, 11) is 3.27. The van der Waals surface area contributed by atoms with E-state index in [1.165, 1.54) is 5.56 Å². The van der Waals surface area contributed by atoms with Crippen molar-refractivity contribution >= 4 is 16.8 Å². The molecule has 0 bridgehead atoms. The number of carbonyl (C=O) groups excluding carboxylic acids is 1. The van der Waals surface area contributed by atoms with Crippen LogP contribution in [0.3, 0.4) is 0 Å². The third-order valence-corrected chi connectivity index (χ3v) is 6.30. The molecule has 1 N–H and O–H groups in total. The third kappa shape index (κ3) is 5.68. The number of nitrogens with zero attached hydrogens (tertiary/aromatic N) is 1. The van der Waals surface area contributed by atoms with Crippen molar-refractivity contribution in [1.82, 2.24) is 9.88 Å². The molecule has 35 heavy (non-hydrogen) atoms. The Morgan fingerprint density at radius 2 is 1.63 bits per heavy atom. The summed E-state index contributed by atoms with van der Waals surface area (Å²) in [6.07, 6.45) is 2.55. The summed E-state index contributed by atoms with van der Waals surface area (Å²) < 4.78 is 13.3. The van der Waals surface area contributed by atoms with Gasteiger partial charge in [-0.3, -0.25) is 4.79 Å². The molecule has 0 fully saturated rings. The zero-order valence-corrected chi connectivity index (χ0v) is 21.0. The number of ether oxygens (including phenoxy) is 2. The number of nitrogens with one attached hydrogen (secondary N) is 1. The van der Waals surface area contributed by atoms with Gasteiger partial charge in [-0.2, -0.15) is 0 Å². The number of benzene rings is 3. The van der Waals surface area contributed by atoms with Crippen LogP contribution >= 0.6 is 0 Å². The topological polar surface area (TPSA) is 52.5 Å². The highest BCUT2D eigenvalue weighted by molar-refractivity contribution is 5.87. The van der Waals surface area contributed by atoms with E-state index in [-0.39, 0.29) is 11.8 Å². The zero-order chi connectivity index (χ0) is 24.8. The minimum absolute atomic E-state index is 0.0402. The molecule has 0 saturated heterocycles. The van der Waals surface area contributed by atoms with Crippen LogP contribution in [0.2, 0.25) is 0 Å². The third-order valence-electron chi connectivity index (χ3n) is 6.30. The molecule has 1 atom stereocenters. The lowest BCUT2D eigenvalue weighted by molar-refractivity contribution is -0.121. The molecule has 1 heterocycles.